The number of nitrogens with zero attached hydrogens (tertiary/aromatic N) is 2. The van der Waals surface area contributed by atoms with E-state index < -0.39 is 0 Å². The Morgan fingerprint density at radius 1 is 1.33 bits per heavy atom. The molecule has 0 saturated carbocycles. The summed E-state index contributed by atoms with van der Waals surface area (Å²) in [6.45, 7) is 8.47. The zero-order chi connectivity index (χ0) is 15.7. The van der Waals surface area contributed by atoms with Crippen LogP contribution in [0.5, 0.6) is 0 Å². The van der Waals surface area contributed by atoms with E-state index in [0.717, 1.165) is 11.3 Å². The van der Waals surface area contributed by atoms with E-state index in [1.165, 1.54) is 6.07 Å². The van der Waals surface area contributed by atoms with Gasteiger partial charge in [-0.3, -0.25) is 0 Å². The van der Waals surface area contributed by atoms with Gasteiger partial charge in [0.1, 0.15) is 11.6 Å². The largest absolute Gasteiger partial charge is 0.383 e. The number of rotatable bonds is 5. The number of fused-ring (bicyclic) bond motifs is 1. The van der Waals surface area contributed by atoms with E-state index >= 15 is 0 Å². The molecule has 1 aromatic carbocycles. The van der Waals surface area contributed by atoms with Crippen molar-refractivity contribution in [1.82, 2.24) is 9.55 Å². The smallest absolute Gasteiger partial charge is 0.128 e. The van der Waals surface area contributed by atoms with Gasteiger partial charge in [0.2, 0.25) is 0 Å². The third kappa shape index (κ3) is 3.06. The number of hydrogen-bond acceptors (Lipinski definition) is 2. The highest BCUT2D eigenvalue weighted by Gasteiger charge is 2.24. The predicted octanol–water partition coefficient (Wildman–Crippen LogP) is 4.63. The average Bonchev–Trinajstić information content (AvgIpc) is 2.75. The topological polar surface area (TPSA) is 27.1 Å². The molecule has 0 bridgehead atoms. The zero-order valence-electron chi connectivity index (χ0n) is 13.2. The van der Waals surface area contributed by atoms with Crippen LogP contribution < -0.4 is 0 Å². The van der Waals surface area contributed by atoms with Crippen LogP contribution in [0.25, 0.3) is 11.0 Å². The van der Waals surface area contributed by atoms with E-state index in [0.29, 0.717) is 23.6 Å². The number of ether oxygens (including phenoxy) is 1. The molecule has 116 valence electrons. The molecule has 0 spiro atoms. The Balaban J connectivity index is 2.73. The second-order valence-electron chi connectivity index (χ2n) is 5.81. The Morgan fingerprint density at radius 2 is 2.00 bits per heavy atom. The molecular formula is C16H22ClFN2O. The Bertz CT molecular complexity index is 637. The fraction of sp³-hybridized carbons (Fsp3) is 0.562. The molecule has 2 aromatic rings. The summed E-state index contributed by atoms with van der Waals surface area (Å²) >= 11 is 6.29. The summed E-state index contributed by atoms with van der Waals surface area (Å²) in [5.74, 6) is 0.864. The van der Waals surface area contributed by atoms with Crippen LogP contribution >= 0.6 is 11.6 Å². The Labute approximate surface area is 130 Å². The van der Waals surface area contributed by atoms with Crippen molar-refractivity contribution in [2.24, 2.45) is 5.92 Å². The summed E-state index contributed by atoms with van der Waals surface area (Å²) < 4.78 is 21.3. The minimum Gasteiger partial charge on any atom is -0.383 e. The van der Waals surface area contributed by atoms with E-state index in [4.69, 9.17) is 16.3 Å². The summed E-state index contributed by atoms with van der Waals surface area (Å²) in [7, 11) is 1.68. The van der Waals surface area contributed by atoms with Crippen LogP contribution in [0.15, 0.2) is 12.1 Å². The minimum atomic E-state index is -0.251. The van der Waals surface area contributed by atoms with E-state index in [9.17, 15) is 4.39 Å². The fourth-order valence-corrected chi connectivity index (χ4v) is 2.76. The van der Waals surface area contributed by atoms with Crippen molar-refractivity contribution in [2.75, 3.05) is 13.7 Å². The maximum atomic E-state index is 13.8. The number of benzene rings is 1. The molecule has 0 radical (unpaired) electrons. The number of aryl methyl sites for hydroxylation is 1. The Hall–Kier alpha value is -1.13. The molecule has 1 heterocycles. The first-order valence-electron chi connectivity index (χ1n) is 7.17. The van der Waals surface area contributed by atoms with Crippen molar-refractivity contribution in [3.05, 3.63) is 29.3 Å². The number of halogens is 2. The molecule has 2 rings (SSSR count). The average molecular weight is 313 g/mol. The van der Waals surface area contributed by atoms with Crippen LogP contribution in [0.2, 0.25) is 0 Å². The maximum absolute atomic E-state index is 13.8. The Kier molecular flexibility index (Phi) is 4.89. The van der Waals surface area contributed by atoms with Crippen molar-refractivity contribution < 1.29 is 9.13 Å². The van der Waals surface area contributed by atoms with Gasteiger partial charge in [0.15, 0.2) is 0 Å². The number of hydrogen-bond donors (Lipinski definition) is 0. The summed E-state index contributed by atoms with van der Waals surface area (Å²) in [5, 5.41) is -0.251. The summed E-state index contributed by atoms with van der Waals surface area (Å²) in [6, 6.07) is 3.43. The van der Waals surface area contributed by atoms with Gasteiger partial charge < -0.3 is 9.30 Å². The highest BCUT2D eigenvalue weighted by Crippen LogP contribution is 2.32. The van der Waals surface area contributed by atoms with E-state index in [2.05, 4.69) is 23.4 Å². The van der Waals surface area contributed by atoms with E-state index in [1.807, 2.05) is 13.0 Å². The first-order valence-corrected chi connectivity index (χ1v) is 7.61. The number of methoxy groups -OCH3 is 1. The van der Waals surface area contributed by atoms with Gasteiger partial charge in [0, 0.05) is 13.2 Å². The minimum absolute atomic E-state index is 0.112. The van der Waals surface area contributed by atoms with Crippen molar-refractivity contribution in [2.45, 2.75) is 39.1 Å². The molecule has 0 aliphatic carbocycles. The van der Waals surface area contributed by atoms with Gasteiger partial charge in [-0.15, -0.1) is 11.6 Å². The number of alkyl halides is 1. The standard InChI is InChI=1S/C16H22ClFN2O/c1-9(2)15(8-21-5)20-14-6-10(3)12(18)7-13(14)19-16(20)11(4)17/h6-7,9,11,15H,8H2,1-5H3. The van der Waals surface area contributed by atoms with Crippen molar-refractivity contribution in [3.8, 4) is 0 Å². The van der Waals surface area contributed by atoms with Crippen molar-refractivity contribution in [3.63, 3.8) is 0 Å². The highest BCUT2D eigenvalue weighted by molar-refractivity contribution is 6.20. The molecule has 0 fully saturated rings. The van der Waals surface area contributed by atoms with Crippen LogP contribution in [0.3, 0.4) is 0 Å². The normalized spacial score (nSPS) is 14.9. The van der Waals surface area contributed by atoms with Gasteiger partial charge in [-0.1, -0.05) is 13.8 Å². The van der Waals surface area contributed by atoms with Gasteiger partial charge in [0.25, 0.3) is 0 Å². The zero-order valence-corrected chi connectivity index (χ0v) is 13.9. The predicted molar refractivity (Wildman–Crippen MR) is 84.4 cm³/mol. The van der Waals surface area contributed by atoms with Crippen LogP contribution in [-0.2, 0) is 4.74 Å². The lowest BCUT2D eigenvalue weighted by Crippen LogP contribution is -2.22. The van der Waals surface area contributed by atoms with Crippen molar-refractivity contribution >= 4 is 22.6 Å². The fourth-order valence-electron chi connectivity index (χ4n) is 2.60. The van der Waals surface area contributed by atoms with E-state index in [-0.39, 0.29) is 17.2 Å². The molecule has 0 N–H and O–H groups in total. The van der Waals surface area contributed by atoms with Crippen molar-refractivity contribution in [1.29, 1.82) is 0 Å². The van der Waals surface area contributed by atoms with Gasteiger partial charge >= 0.3 is 0 Å². The molecule has 2 atom stereocenters. The number of imidazole rings is 1. The highest BCUT2D eigenvalue weighted by atomic mass is 35.5. The maximum Gasteiger partial charge on any atom is 0.128 e. The molecular weight excluding hydrogens is 291 g/mol. The molecule has 21 heavy (non-hydrogen) atoms. The molecule has 0 amide bonds. The van der Waals surface area contributed by atoms with Gasteiger partial charge in [-0.25, -0.2) is 9.37 Å². The Morgan fingerprint density at radius 3 is 2.52 bits per heavy atom. The SMILES string of the molecule is COCC(C(C)C)n1c(C(C)Cl)nc2cc(F)c(C)cc21. The molecule has 0 saturated heterocycles. The summed E-state index contributed by atoms with van der Waals surface area (Å²) in [4.78, 5) is 4.54. The van der Waals surface area contributed by atoms with Gasteiger partial charge in [0.05, 0.1) is 29.1 Å². The van der Waals surface area contributed by atoms with Gasteiger partial charge in [-0.2, -0.15) is 0 Å². The molecule has 3 nitrogen and oxygen atoms in total. The first-order chi connectivity index (χ1) is 9.86. The number of aromatic nitrogens is 2. The summed E-state index contributed by atoms with van der Waals surface area (Å²) in [6.07, 6.45) is 0. The lowest BCUT2D eigenvalue weighted by atomic mass is 10.0. The van der Waals surface area contributed by atoms with Crippen LogP contribution in [0, 0.1) is 18.7 Å². The second kappa shape index (κ2) is 6.32. The van der Waals surface area contributed by atoms with Crippen LogP contribution in [-0.4, -0.2) is 23.3 Å². The summed E-state index contributed by atoms with van der Waals surface area (Å²) in [5.41, 5.74) is 2.16. The molecule has 1 aromatic heterocycles. The molecule has 2 unspecified atom stereocenters. The van der Waals surface area contributed by atoms with Gasteiger partial charge in [-0.05, 0) is 31.4 Å². The molecule has 0 aliphatic rings. The third-order valence-corrected chi connectivity index (χ3v) is 3.99. The second-order valence-corrected chi connectivity index (χ2v) is 6.47. The quantitative estimate of drug-likeness (QED) is 0.753. The lowest BCUT2D eigenvalue weighted by molar-refractivity contribution is 0.133. The molecule has 0 aliphatic heterocycles. The van der Waals surface area contributed by atoms with E-state index in [1.54, 1.807) is 14.0 Å². The molecule has 5 heteroatoms. The lowest BCUT2D eigenvalue weighted by Gasteiger charge is -2.25. The van der Waals surface area contributed by atoms with Crippen LogP contribution in [0.4, 0.5) is 4.39 Å². The third-order valence-electron chi connectivity index (χ3n) is 3.79. The monoisotopic (exact) mass is 312 g/mol. The van der Waals surface area contributed by atoms with Crippen LogP contribution in [0.1, 0.15) is 43.6 Å². The first kappa shape index (κ1) is 16.2.